The van der Waals surface area contributed by atoms with Crippen LogP contribution in [0.3, 0.4) is 0 Å². The number of rotatable bonds is 11. The minimum atomic E-state index is 0.000362. The molecular weight excluding hydrogens is 208 g/mol. The highest BCUT2D eigenvalue weighted by atomic mass is 16.3. The van der Waals surface area contributed by atoms with E-state index in [1.807, 2.05) is 0 Å². The summed E-state index contributed by atoms with van der Waals surface area (Å²) in [5, 5.41) is 9.86. The molecule has 17 heavy (non-hydrogen) atoms. The van der Waals surface area contributed by atoms with E-state index in [-0.39, 0.29) is 6.10 Å². The van der Waals surface area contributed by atoms with Gasteiger partial charge in [-0.2, -0.15) is 0 Å². The van der Waals surface area contributed by atoms with Crippen LogP contribution in [0.25, 0.3) is 0 Å². The van der Waals surface area contributed by atoms with Gasteiger partial charge in [-0.15, -0.1) is 0 Å². The van der Waals surface area contributed by atoms with Gasteiger partial charge in [0.05, 0.1) is 6.10 Å². The first-order chi connectivity index (χ1) is 8.33. The molecule has 0 aromatic rings. The highest BCUT2D eigenvalue weighted by Crippen LogP contribution is 2.31. The number of hydrogen-bond donors (Lipinski definition) is 1. The van der Waals surface area contributed by atoms with Crippen molar-refractivity contribution in [3.05, 3.63) is 0 Å². The van der Waals surface area contributed by atoms with Crippen molar-refractivity contribution in [2.24, 2.45) is 5.92 Å². The van der Waals surface area contributed by atoms with E-state index in [1.165, 1.54) is 70.6 Å². The number of aliphatic hydroxyl groups excluding tert-OH is 1. The lowest BCUT2D eigenvalue weighted by Gasteiger charge is -2.27. The summed E-state index contributed by atoms with van der Waals surface area (Å²) >= 11 is 0. The summed E-state index contributed by atoms with van der Waals surface area (Å²) in [5.74, 6) is 0.860. The van der Waals surface area contributed by atoms with Gasteiger partial charge in [-0.25, -0.2) is 0 Å². The summed E-state index contributed by atoms with van der Waals surface area (Å²) in [5.41, 5.74) is 0. The van der Waals surface area contributed by atoms with Crippen molar-refractivity contribution >= 4 is 0 Å². The van der Waals surface area contributed by atoms with Crippen molar-refractivity contribution in [3.63, 3.8) is 0 Å². The number of hydrogen-bond acceptors (Lipinski definition) is 1. The van der Waals surface area contributed by atoms with Crippen LogP contribution >= 0.6 is 0 Å². The third-order valence-electron chi connectivity index (χ3n) is 4.22. The SMILES string of the molecule is CCCCCCCCCCC(O)CC1CCC1. The van der Waals surface area contributed by atoms with Gasteiger partial charge in [0.1, 0.15) is 0 Å². The second-order valence-corrected chi connectivity index (χ2v) is 5.95. The van der Waals surface area contributed by atoms with Crippen LogP contribution in [0, 0.1) is 5.92 Å². The summed E-state index contributed by atoms with van der Waals surface area (Å²) < 4.78 is 0. The van der Waals surface area contributed by atoms with Crippen LogP contribution in [0.4, 0.5) is 0 Å². The molecule has 0 saturated heterocycles. The molecule has 0 heterocycles. The summed E-state index contributed by atoms with van der Waals surface area (Å²) in [4.78, 5) is 0. The molecule has 0 aromatic heterocycles. The van der Waals surface area contributed by atoms with E-state index in [2.05, 4.69) is 6.92 Å². The molecule has 0 spiro atoms. The van der Waals surface area contributed by atoms with E-state index in [0.717, 1.165) is 18.8 Å². The van der Waals surface area contributed by atoms with Gasteiger partial charge in [-0.1, -0.05) is 77.6 Å². The van der Waals surface area contributed by atoms with Crippen molar-refractivity contribution in [2.75, 3.05) is 0 Å². The zero-order valence-electron chi connectivity index (χ0n) is 11.8. The smallest absolute Gasteiger partial charge is 0.0542 e. The van der Waals surface area contributed by atoms with Crippen molar-refractivity contribution < 1.29 is 5.11 Å². The van der Waals surface area contributed by atoms with E-state index < -0.39 is 0 Å². The first kappa shape index (κ1) is 15.0. The first-order valence-electron chi connectivity index (χ1n) is 8.01. The Kier molecular flexibility index (Phi) is 8.78. The highest BCUT2D eigenvalue weighted by molar-refractivity contribution is 4.73. The molecule has 0 aromatic carbocycles. The maximum atomic E-state index is 9.86. The molecule has 1 rings (SSSR count). The molecule has 1 nitrogen and oxygen atoms in total. The third-order valence-corrected chi connectivity index (χ3v) is 4.22. The Morgan fingerprint density at radius 3 is 2.06 bits per heavy atom. The molecule has 1 heteroatoms. The molecule has 102 valence electrons. The molecule has 1 aliphatic carbocycles. The van der Waals surface area contributed by atoms with E-state index >= 15 is 0 Å². The summed E-state index contributed by atoms with van der Waals surface area (Å²) in [7, 11) is 0. The van der Waals surface area contributed by atoms with E-state index in [1.54, 1.807) is 0 Å². The van der Waals surface area contributed by atoms with Crippen molar-refractivity contribution in [1.82, 2.24) is 0 Å². The lowest BCUT2D eigenvalue weighted by Crippen LogP contribution is -2.19. The van der Waals surface area contributed by atoms with Gasteiger partial charge in [0.2, 0.25) is 0 Å². The molecule has 0 amide bonds. The largest absolute Gasteiger partial charge is 0.393 e. The Morgan fingerprint density at radius 2 is 1.53 bits per heavy atom. The molecule has 0 bridgehead atoms. The van der Waals surface area contributed by atoms with Crippen LogP contribution in [-0.4, -0.2) is 11.2 Å². The lowest BCUT2D eigenvalue weighted by molar-refractivity contribution is 0.107. The van der Waals surface area contributed by atoms with Crippen molar-refractivity contribution in [1.29, 1.82) is 0 Å². The Morgan fingerprint density at radius 1 is 0.941 bits per heavy atom. The maximum Gasteiger partial charge on any atom is 0.0542 e. The lowest BCUT2D eigenvalue weighted by atomic mass is 9.81. The van der Waals surface area contributed by atoms with Gasteiger partial charge in [-0.05, 0) is 18.8 Å². The number of aliphatic hydroxyl groups is 1. The van der Waals surface area contributed by atoms with Gasteiger partial charge in [0.25, 0.3) is 0 Å². The van der Waals surface area contributed by atoms with Gasteiger partial charge in [0, 0.05) is 0 Å². The fourth-order valence-electron chi connectivity index (χ4n) is 2.74. The fourth-order valence-corrected chi connectivity index (χ4v) is 2.74. The normalized spacial score (nSPS) is 18.0. The first-order valence-corrected chi connectivity index (χ1v) is 8.01. The molecule has 1 saturated carbocycles. The molecule has 1 unspecified atom stereocenters. The fraction of sp³-hybridized carbons (Fsp3) is 1.00. The van der Waals surface area contributed by atoms with Crippen LogP contribution in [0.5, 0.6) is 0 Å². The van der Waals surface area contributed by atoms with Gasteiger partial charge in [-0.3, -0.25) is 0 Å². The summed E-state index contributed by atoms with van der Waals surface area (Å²) in [6, 6.07) is 0. The minimum absolute atomic E-state index is 0.000362. The Bertz CT molecular complexity index is 163. The van der Waals surface area contributed by atoms with E-state index in [4.69, 9.17) is 0 Å². The summed E-state index contributed by atoms with van der Waals surface area (Å²) in [6.45, 7) is 2.27. The van der Waals surface area contributed by atoms with Crippen LogP contribution in [0.15, 0.2) is 0 Å². The maximum absolute atomic E-state index is 9.86. The molecule has 1 atom stereocenters. The average molecular weight is 240 g/mol. The second-order valence-electron chi connectivity index (χ2n) is 5.95. The standard InChI is InChI=1S/C16H32O/c1-2-3-4-5-6-7-8-9-13-16(17)14-15-11-10-12-15/h15-17H,2-14H2,1H3. The molecule has 0 radical (unpaired) electrons. The predicted molar refractivity (Wildman–Crippen MR) is 75.2 cm³/mol. The topological polar surface area (TPSA) is 20.2 Å². The van der Waals surface area contributed by atoms with E-state index in [0.29, 0.717) is 0 Å². The van der Waals surface area contributed by atoms with Gasteiger partial charge in [0.15, 0.2) is 0 Å². The van der Waals surface area contributed by atoms with Crippen LogP contribution < -0.4 is 0 Å². The Hall–Kier alpha value is -0.0400. The zero-order chi connectivity index (χ0) is 12.3. The molecule has 1 fully saturated rings. The average Bonchev–Trinajstić information content (AvgIpc) is 2.27. The van der Waals surface area contributed by atoms with Gasteiger partial charge >= 0.3 is 0 Å². The Balaban J connectivity index is 1.76. The third kappa shape index (κ3) is 7.81. The molecule has 1 aliphatic rings. The van der Waals surface area contributed by atoms with Gasteiger partial charge < -0.3 is 5.11 Å². The number of unbranched alkanes of at least 4 members (excludes halogenated alkanes) is 7. The quantitative estimate of drug-likeness (QED) is 0.500. The Labute approximate surface area is 108 Å². The minimum Gasteiger partial charge on any atom is -0.393 e. The highest BCUT2D eigenvalue weighted by Gasteiger charge is 2.20. The van der Waals surface area contributed by atoms with Crippen molar-refractivity contribution in [2.45, 2.75) is 96.5 Å². The van der Waals surface area contributed by atoms with Crippen LogP contribution in [0.2, 0.25) is 0 Å². The van der Waals surface area contributed by atoms with E-state index in [9.17, 15) is 5.11 Å². The second kappa shape index (κ2) is 9.94. The van der Waals surface area contributed by atoms with Crippen LogP contribution in [0.1, 0.15) is 90.4 Å². The zero-order valence-corrected chi connectivity index (χ0v) is 11.8. The monoisotopic (exact) mass is 240 g/mol. The summed E-state index contributed by atoms with van der Waals surface area (Å²) in [6.07, 6.45) is 17.2. The molecule has 1 N–H and O–H groups in total. The van der Waals surface area contributed by atoms with Crippen molar-refractivity contribution in [3.8, 4) is 0 Å². The predicted octanol–water partition coefficient (Wildman–Crippen LogP) is 5.07. The van der Waals surface area contributed by atoms with Crippen LogP contribution in [-0.2, 0) is 0 Å². The molecular formula is C16H32O. The molecule has 0 aliphatic heterocycles.